The molecule has 0 fully saturated rings. The molecule has 2 rings (SSSR count). The van der Waals surface area contributed by atoms with Crippen LogP contribution in [0.15, 0.2) is 30.3 Å². The van der Waals surface area contributed by atoms with E-state index >= 15 is 0 Å². The second-order valence-corrected chi connectivity index (χ2v) is 4.69. The summed E-state index contributed by atoms with van der Waals surface area (Å²) >= 11 is 6.00. The average Bonchev–Trinajstić information content (AvgIpc) is 2.45. The lowest BCUT2D eigenvalue weighted by Gasteiger charge is -2.08. The Morgan fingerprint density at radius 2 is 1.90 bits per heavy atom. The van der Waals surface area contributed by atoms with Gasteiger partial charge in [-0.2, -0.15) is 0 Å². The van der Waals surface area contributed by atoms with Crippen LogP contribution in [0.4, 0.5) is 11.5 Å². The van der Waals surface area contributed by atoms with Crippen LogP contribution in [-0.2, 0) is 17.8 Å². The van der Waals surface area contributed by atoms with E-state index in [4.69, 9.17) is 16.3 Å². The van der Waals surface area contributed by atoms with Crippen molar-refractivity contribution in [3.63, 3.8) is 0 Å². The molecule has 1 heterocycles. The molecule has 4 nitrogen and oxygen atoms in total. The minimum absolute atomic E-state index is 0.362. The van der Waals surface area contributed by atoms with E-state index in [1.165, 1.54) is 5.56 Å². The number of aryl methyl sites for hydroxylation is 1. The van der Waals surface area contributed by atoms with Gasteiger partial charge in [-0.1, -0.05) is 30.7 Å². The third-order valence-electron chi connectivity index (χ3n) is 2.81. The molecule has 0 unspecified atom stereocenters. The molecule has 0 aliphatic carbocycles. The van der Waals surface area contributed by atoms with Crippen molar-refractivity contribution < 1.29 is 4.74 Å². The van der Waals surface area contributed by atoms with Crippen LogP contribution in [0.25, 0.3) is 0 Å². The molecule has 0 amide bonds. The number of aromatic nitrogens is 2. The highest BCUT2D eigenvalue weighted by atomic mass is 35.5. The molecule has 0 aliphatic rings. The summed E-state index contributed by atoms with van der Waals surface area (Å²) in [7, 11) is 0. The minimum Gasteiger partial charge on any atom is -0.374 e. The van der Waals surface area contributed by atoms with Gasteiger partial charge in [0.15, 0.2) is 5.82 Å². The van der Waals surface area contributed by atoms with Crippen LogP contribution in [0.5, 0.6) is 0 Å². The fourth-order valence-electron chi connectivity index (χ4n) is 1.76. The van der Waals surface area contributed by atoms with Gasteiger partial charge in [0.25, 0.3) is 0 Å². The maximum absolute atomic E-state index is 6.00. The van der Waals surface area contributed by atoms with E-state index in [9.17, 15) is 0 Å². The van der Waals surface area contributed by atoms with Gasteiger partial charge >= 0.3 is 0 Å². The van der Waals surface area contributed by atoms with Crippen LogP contribution in [0.2, 0.25) is 5.15 Å². The molecule has 0 saturated heterocycles. The van der Waals surface area contributed by atoms with Crippen molar-refractivity contribution in [2.45, 2.75) is 26.9 Å². The van der Waals surface area contributed by atoms with Gasteiger partial charge in [0.05, 0.1) is 0 Å². The van der Waals surface area contributed by atoms with Crippen LogP contribution in [0, 0.1) is 0 Å². The second-order valence-electron chi connectivity index (χ2n) is 4.30. The largest absolute Gasteiger partial charge is 0.374 e. The number of nitrogens with zero attached hydrogens (tertiary/aromatic N) is 2. The normalized spacial score (nSPS) is 10.6. The fourth-order valence-corrected chi connectivity index (χ4v) is 1.96. The summed E-state index contributed by atoms with van der Waals surface area (Å²) < 4.78 is 5.30. The first-order valence-corrected chi connectivity index (χ1v) is 7.06. The van der Waals surface area contributed by atoms with Crippen LogP contribution < -0.4 is 5.32 Å². The van der Waals surface area contributed by atoms with Crippen molar-refractivity contribution in [3.05, 3.63) is 46.9 Å². The Morgan fingerprint density at radius 3 is 2.55 bits per heavy atom. The number of ether oxygens (including phenoxy) is 1. The maximum Gasteiger partial charge on any atom is 0.158 e. The molecule has 0 radical (unpaired) electrons. The van der Waals surface area contributed by atoms with E-state index < -0.39 is 0 Å². The predicted molar refractivity (Wildman–Crippen MR) is 81.5 cm³/mol. The molecular weight excluding hydrogens is 274 g/mol. The molecule has 5 heteroatoms. The van der Waals surface area contributed by atoms with Gasteiger partial charge in [-0.3, -0.25) is 0 Å². The first kappa shape index (κ1) is 14.8. The standard InChI is InChI=1S/C15H18ClN3O/c1-3-11-5-7-12(8-6-11)17-14-9-13(16)18-15(19-14)10-20-4-2/h5-9H,3-4,10H2,1-2H3,(H,17,18,19). The molecule has 0 saturated carbocycles. The van der Waals surface area contributed by atoms with Crippen molar-refractivity contribution in [1.82, 2.24) is 9.97 Å². The van der Waals surface area contributed by atoms with Crippen LogP contribution in [-0.4, -0.2) is 16.6 Å². The molecular formula is C15H18ClN3O. The molecule has 20 heavy (non-hydrogen) atoms. The smallest absolute Gasteiger partial charge is 0.158 e. The van der Waals surface area contributed by atoms with Crippen LogP contribution >= 0.6 is 11.6 Å². The van der Waals surface area contributed by atoms with Crippen molar-refractivity contribution >= 4 is 23.1 Å². The second kappa shape index (κ2) is 7.22. The SMILES string of the molecule is CCOCc1nc(Cl)cc(Nc2ccc(CC)cc2)n1. The van der Waals surface area contributed by atoms with Crippen molar-refractivity contribution in [3.8, 4) is 0 Å². The van der Waals surface area contributed by atoms with E-state index in [1.807, 2.05) is 19.1 Å². The molecule has 1 aromatic carbocycles. The summed E-state index contributed by atoms with van der Waals surface area (Å²) in [4.78, 5) is 8.51. The molecule has 1 aromatic heterocycles. The Kier molecular flexibility index (Phi) is 5.32. The van der Waals surface area contributed by atoms with Crippen molar-refractivity contribution in [2.24, 2.45) is 0 Å². The quantitative estimate of drug-likeness (QED) is 0.818. The number of hydrogen-bond acceptors (Lipinski definition) is 4. The Morgan fingerprint density at radius 1 is 1.15 bits per heavy atom. The third-order valence-corrected chi connectivity index (χ3v) is 3.00. The Labute approximate surface area is 124 Å². The van der Waals surface area contributed by atoms with E-state index in [2.05, 4.69) is 34.3 Å². The monoisotopic (exact) mass is 291 g/mol. The summed E-state index contributed by atoms with van der Waals surface area (Å²) in [5.41, 5.74) is 2.27. The van der Waals surface area contributed by atoms with Crippen molar-refractivity contribution in [1.29, 1.82) is 0 Å². The first-order chi connectivity index (χ1) is 9.71. The lowest BCUT2D eigenvalue weighted by atomic mass is 10.1. The van der Waals surface area contributed by atoms with Gasteiger partial charge in [-0.05, 0) is 31.0 Å². The fraction of sp³-hybridized carbons (Fsp3) is 0.333. The summed E-state index contributed by atoms with van der Waals surface area (Å²) in [5.74, 6) is 1.25. The van der Waals surface area contributed by atoms with E-state index in [0.29, 0.717) is 30.0 Å². The average molecular weight is 292 g/mol. The van der Waals surface area contributed by atoms with Crippen LogP contribution in [0.1, 0.15) is 25.2 Å². The van der Waals surface area contributed by atoms with E-state index in [1.54, 1.807) is 6.07 Å². The highest BCUT2D eigenvalue weighted by Crippen LogP contribution is 2.18. The molecule has 0 atom stereocenters. The molecule has 2 aromatic rings. The summed E-state index contributed by atoms with van der Waals surface area (Å²) in [6.45, 7) is 5.04. The zero-order valence-corrected chi connectivity index (χ0v) is 12.4. The summed E-state index contributed by atoms with van der Waals surface area (Å²) in [6, 6.07) is 9.93. The lowest BCUT2D eigenvalue weighted by molar-refractivity contribution is 0.128. The minimum atomic E-state index is 0.362. The van der Waals surface area contributed by atoms with E-state index in [-0.39, 0.29) is 0 Å². The van der Waals surface area contributed by atoms with Gasteiger partial charge in [-0.25, -0.2) is 9.97 Å². The maximum atomic E-state index is 6.00. The van der Waals surface area contributed by atoms with Crippen LogP contribution in [0.3, 0.4) is 0 Å². The number of halogens is 1. The molecule has 1 N–H and O–H groups in total. The van der Waals surface area contributed by atoms with Gasteiger partial charge in [-0.15, -0.1) is 0 Å². The number of anilines is 2. The van der Waals surface area contributed by atoms with Gasteiger partial charge in [0.1, 0.15) is 17.6 Å². The highest BCUT2D eigenvalue weighted by Gasteiger charge is 2.04. The highest BCUT2D eigenvalue weighted by molar-refractivity contribution is 6.29. The Balaban J connectivity index is 2.12. The van der Waals surface area contributed by atoms with Gasteiger partial charge in [0.2, 0.25) is 0 Å². The molecule has 0 spiro atoms. The van der Waals surface area contributed by atoms with E-state index in [0.717, 1.165) is 12.1 Å². The topological polar surface area (TPSA) is 47.0 Å². The first-order valence-electron chi connectivity index (χ1n) is 6.68. The zero-order chi connectivity index (χ0) is 14.4. The molecule has 106 valence electrons. The third kappa shape index (κ3) is 4.18. The number of hydrogen-bond donors (Lipinski definition) is 1. The Bertz CT molecular complexity index is 558. The number of nitrogens with one attached hydrogen (secondary N) is 1. The van der Waals surface area contributed by atoms with Crippen molar-refractivity contribution in [2.75, 3.05) is 11.9 Å². The van der Waals surface area contributed by atoms with Gasteiger partial charge in [0, 0.05) is 18.4 Å². The molecule has 0 aliphatic heterocycles. The predicted octanol–water partition coefficient (Wildman–Crippen LogP) is 3.97. The molecule has 0 bridgehead atoms. The number of rotatable bonds is 6. The summed E-state index contributed by atoms with van der Waals surface area (Å²) in [5, 5.41) is 3.63. The Hall–Kier alpha value is -1.65. The number of benzene rings is 1. The summed E-state index contributed by atoms with van der Waals surface area (Å²) in [6.07, 6.45) is 1.03. The van der Waals surface area contributed by atoms with Gasteiger partial charge < -0.3 is 10.1 Å². The zero-order valence-electron chi connectivity index (χ0n) is 11.7. The lowest BCUT2D eigenvalue weighted by Crippen LogP contribution is -2.02.